The molecule has 3 heterocycles. The van der Waals surface area contributed by atoms with Crippen LogP contribution in [0, 0.1) is 0 Å². The van der Waals surface area contributed by atoms with E-state index in [9.17, 15) is 5.11 Å². The number of fused-ring (bicyclic) bond motifs is 4. The first-order chi connectivity index (χ1) is 17.9. The molecule has 0 bridgehead atoms. The van der Waals surface area contributed by atoms with Gasteiger partial charge >= 0.3 is 0 Å². The van der Waals surface area contributed by atoms with Crippen molar-refractivity contribution < 1.29 is 9.84 Å². The Balaban J connectivity index is 1.54. The normalized spacial score (nSPS) is 11.8. The van der Waals surface area contributed by atoms with E-state index in [1.54, 1.807) is 6.07 Å². The molecule has 0 atom stereocenters. The molecule has 0 unspecified atom stereocenters. The predicted molar refractivity (Wildman–Crippen MR) is 150 cm³/mol. The Morgan fingerprint density at radius 2 is 1.62 bits per heavy atom. The molecule has 5 nitrogen and oxygen atoms in total. The van der Waals surface area contributed by atoms with Crippen molar-refractivity contribution in [1.29, 1.82) is 0 Å². The van der Waals surface area contributed by atoms with Crippen molar-refractivity contribution in [2.75, 3.05) is 0 Å². The monoisotopic (exact) mass is 487 g/mol. The highest BCUT2D eigenvalue weighted by molar-refractivity contribution is 6.11. The maximum Gasteiger partial charge on any atom is 0.219 e. The zero-order valence-electron chi connectivity index (χ0n) is 21.4. The average Bonchev–Trinajstić information content (AvgIpc) is 3.23. The molecule has 6 aromatic rings. The van der Waals surface area contributed by atoms with Crippen LogP contribution in [0.1, 0.15) is 50.7 Å². The van der Waals surface area contributed by atoms with Crippen LogP contribution in [0.4, 0.5) is 0 Å². The van der Waals surface area contributed by atoms with Gasteiger partial charge in [0.2, 0.25) is 5.88 Å². The van der Waals surface area contributed by atoms with Gasteiger partial charge in [-0.15, -0.1) is 0 Å². The number of benzene rings is 3. The topological polar surface area (TPSA) is 60.2 Å². The summed E-state index contributed by atoms with van der Waals surface area (Å²) in [5, 5.41) is 13.9. The van der Waals surface area contributed by atoms with Crippen LogP contribution in [-0.2, 0) is 0 Å². The number of nitrogens with zero attached hydrogens (tertiary/aromatic N) is 3. The van der Waals surface area contributed by atoms with Crippen LogP contribution in [0.25, 0.3) is 38.5 Å². The third kappa shape index (κ3) is 3.97. The van der Waals surface area contributed by atoms with E-state index in [0.717, 1.165) is 27.8 Å². The summed E-state index contributed by atoms with van der Waals surface area (Å²) in [7, 11) is 0. The minimum Gasteiger partial charge on any atom is -0.506 e. The zero-order chi connectivity index (χ0) is 25.7. The molecule has 0 amide bonds. The van der Waals surface area contributed by atoms with Crippen LogP contribution in [-0.4, -0.2) is 19.6 Å². The van der Waals surface area contributed by atoms with Crippen molar-refractivity contribution in [1.82, 2.24) is 14.5 Å². The smallest absolute Gasteiger partial charge is 0.219 e. The van der Waals surface area contributed by atoms with Gasteiger partial charge in [-0.1, -0.05) is 52.0 Å². The molecule has 0 radical (unpaired) electrons. The van der Waals surface area contributed by atoms with E-state index in [2.05, 4.69) is 84.7 Å². The molecule has 6 rings (SSSR count). The van der Waals surface area contributed by atoms with Crippen LogP contribution in [0.15, 0.2) is 85.1 Å². The number of pyridine rings is 2. The van der Waals surface area contributed by atoms with Crippen LogP contribution in [0.2, 0.25) is 0 Å². The fourth-order valence-corrected chi connectivity index (χ4v) is 5.08. The molecule has 3 aromatic carbocycles. The van der Waals surface area contributed by atoms with E-state index in [1.807, 2.05) is 36.5 Å². The maximum atomic E-state index is 10.7. The fraction of sp³-hybridized carbons (Fsp3) is 0.188. The zero-order valence-corrected chi connectivity index (χ0v) is 21.4. The van der Waals surface area contributed by atoms with Crippen LogP contribution < -0.4 is 4.74 Å². The number of para-hydroxylation sites is 1. The Labute approximate surface area is 216 Å². The van der Waals surface area contributed by atoms with Crippen molar-refractivity contribution in [3.63, 3.8) is 0 Å². The van der Waals surface area contributed by atoms with E-state index in [-0.39, 0.29) is 11.7 Å². The van der Waals surface area contributed by atoms with Crippen molar-refractivity contribution in [2.45, 2.75) is 39.5 Å². The summed E-state index contributed by atoms with van der Waals surface area (Å²) >= 11 is 0. The summed E-state index contributed by atoms with van der Waals surface area (Å²) in [6, 6.07) is 26.2. The Morgan fingerprint density at radius 1 is 0.811 bits per heavy atom. The molecule has 37 heavy (non-hydrogen) atoms. The van der Waals surface area contributed by atoms with E-state index >= 15 is 0 Å². The molecule has 0 spiro atoms. The first-order valence-electron chi connectivity index (χ1n) is 12.7. The molecule has 0 aliphatic rings. The van der Waals surface area contributed by atoms with Crippen LogP contribution >= 0.6 is 0 Å². The highest BCUT2D eigenvalue weighted by Crippen LogP contribution is 2.40. The third-order valence-corrected chi connectivity index (χ3v) is 6.94. The molecule has 3 aromatic heterocycles. The van der Waals surface area contributed by atoms with Crippen LogP contribution in [0.3, 0.4) is 0 Å². The Hall–Kier alpha value is -4.38. The second-order valence-electron chi connectivity index (χ2n) is 10.1. The van der Waals surface area contributed by atoms with E-state index in [4.69, 9.17) is 4.74 Å². The number of aromatic hydroxyl groups is 1. The SMILES string of the molecule is CC(C)c1cc(O)c2nc(Oc3cc(C(C)C)c4c5ccccc5n(-c5ccccn5)c4c3)ccc2c1. The number of hydrogen-bond acceptors (Lipinski definition) is 4. The van der Waals surface area contributed by atoms with Gasteiger partial charge in [-0.3, -0.25) is 4.57 Å². The number of aromatic nitrogens is 3. The summed E-state index contributed by atoms with van der Waals surface area (Å²) < 4.78 is 8.54. The molecule has 5 heteroatoms. The van der Waals surface area contributed by atoms with Gasteiger partial charge in [0.25, 0.3) is 0 Å². The van der Waals surface area contributed by atoms with Crippen molar-refractivity contribution >= 4 is 32.7 Å². The number of hydrogen-bond donors (Lipinski definition) is 1. The lowest BCUT2D eigenvalue weighted by Gasteiger charge is -2.14. The minimum atomic E-state index is 0.167. The van der Waals surface area contributed by atoms with Crippen molar-refractivity contribution in [2.24, 2.45) is 0 Å². The number of phenols is 1. The van der Waals surface area contributed by atoms with Crippen molar-refractivity contribution in [3.8, 4) is 23.2 Å². The Bertz CT molecular complexity index is 1770. The number of phenolic OH excluding ortho intramolecular Hbond substituents is 1. The molecular weight excluding hydrogens is 458 g/mol. The molecule has 0 aliphatic heterocycles. The van der Waals surface area contributed by atoms with Gasteiger partial charge in [-0.05, 0) is 65.4 Å². The number of rotatable bonds is 5. The Kier molecular flexibility index (Phi) is 5.56. The maximum absolute atomic E-state index is 10.7. The van der Waals surface area contributed by atoms with Crippen LogP contribution in [0.5, 0.6) is 17.4 Å². The standard InChI is InChI=1S/C32H29N3O2/c1-19(2)22-15-21-12-13-30(34-32(21)28(36)16-22)37-23-17-25(20(3)4)31-24-9-5-6-10-26(24)35(27(31)18-23)29-11-7-8-14-33-29/h5-20,36H,1-4H3. The summed E-state index contributed by atoms with van der Waals surface area (Å²) in [4.78, 5) is 9.31. The third-order valence-electron chi connectivity index (χ3n) is 6.94. The first kappa shape index (κ1) is 23.0. The van der Waals surface area contributed by atoms with Gasteiger partial charge in [0.05, 0.1) is 11.0 Å². The summed E-state index contributed by atoms with van der Waals surface area (Å²) in [6.07, 6.45) is 1.82. The van der Waals surface area contributed by atoms with Crippen molar-refractivity contribution in [3.05, 3.63) is 96.2 Å². The predicted octanol–water partition coefficient (Wildman–Crippen LogP) is 8.47. The average molecular weight is 488 g/mol. The fourth-order valence-electron chi connectivity index (χ4n) is 5.08. The largest absolute Gasteiger partial charge is 0.506 e. The second-order valence-corrected chi connectivity index (χ2v) is 10.1. The molecule has 184 valence electrons. The van der Waals surface area contributed by atoms with E-state index in [1.165, 1.54) is 16.3 Å². The minimum absolute atomic E-state index is 0.167. The lowest BCUT2D eigenvalue weighted by atomic mass is 9.97. The van der Waals surface area contributed by atoms with Gasteiger partial charge in [0.1, 0.15) is 22.8 Å². The molecule has 0 fully saturated rings. The summed E-state index contributed by atoms with van der Waals surface area (Å²) in [5.41, 5.74) is 4.95. The highest BCUT2D eigenvalue weighted by atomic mass is 16.5. The van der Waals surface area contributed by atoms with Gasteiger partial charge in [0, 0.05) is 34.5 Å². The lowest BCUT2D eigenvalue weighted by molar-refractivity contribution is 0.459. The first-order valence-corrected chi connectivity index (χ1v) is 12.7. The lowest BCUT2D eigenvalue weighted by Crippen LogP contribution is -1.98. The van der Waals surface area contributed by atoms with E-state index in [0.29, 0.717) is 23.1 Å². The quantitative estimate of drug-likeness (QED) is 0.265. The Morgan fingerprint density at radius 3 is 2.38 bits per heavy atom. The molecule has 0 aliphatic carbocycles. The van der Waals surface area contributed by atoms with Gasteiger partial charge in [-0.2, -0.15) is 0 Å². The number of ether oxygens (including phenoxy) is 1. The molecule has 1 N–H and O–H groups in total. The van der Waals surface area contributed by atoms with Gasteiger partial charge < -0.3 is 9.84 Å². The van der Waals surface area contributed by atoms with Gasteiger partial charge in [-0.25, -0.2) is 9.97 Å². The molecule has 0 saturated heterocycles. The summed E-state index contributed by atoms with van der Waals surface area (Å²) in [6.45, 7) is 8.62. The molecule has 0 saturated carbocycles. The van der Waals surface area contributed by atoms with Gasteiger partial charge in [0.15, 0.2) is 0 Å². The summed E-state index contributed by atoms with van der Waals surface area (Å²) in [5.74, 6) is 2.75. The highest BCUT2D eigenvalue weighted by Gasteiger charge is 2.19. The van der Waals surface area contributed by atoms with E-state index < -0.39 is 0 Å². The molecular formula is C32H29N3O2. The second kappa shape index (κ2) is 8.93.